The second kappa shape index (κ2) is 7.26. The van der Waals surface area contributed by atoms with Crippen molar-refractivity contribution in [2.24, 2.45) is 5.73 Å². The zero-order valence-corrected chi connectivity index (χ0v) is 12.3. The van der Waals surface area contributed by atoms with E-state index in [2.05, 4.69) is 17.2 Å². The molecule has 6 heteroatoms. The molecule has 1 atom stereocenters. The van der Waals surface area contributed by atoms with Crippen molar-refractivity contribution in [1.82, 2.24) is 15.0 Å². The number of hydrogen-bond acceptors (Lipinski definition) is 4. The number of hydrogen-bond donors (Lipinski definition) is 1. The van der Waals surface area contributed by atoms with E-state index in [0.717, 1.165) is 18.5 Å². The molecule has 108 valence electrons. The number of nitrogens with zero attached hydrogens (tertiary/aromatic N) is 3. The first-order valence-electron chi connectivity index (χ1n) is 6.73. The van der Waals surface area contributed by atoms with E-state index < -0.39 is 0 Å². The van der Waals surface area contributed by atoms with Crippen LogP contribution in [0.4, 0.5) is 0 Å². The van der Waals surface area contributed by atoms with Crippen molar-refractivity contribution < 1.29 is 4.74 Å². The average Bonchev–Trinajstić information content (AvgIpc) is 2.90. The zero-order valence-electron chi connectivity index (χ0n) is 11.5. The molecule has 1 unspecified atom stereocenters. The number of nitrogens with two attached hydrogens (primary N) is 1. The van der Waals surface area contributed by atoms with Crippen molar-refractivity contribution >= 4 is 11.6 Å². The Morgan fingerprint density at radius 3 is 2.95 bits per heavy atom. The molecule has 0 radical (unpaired) electrons. The molecule has 0 aliphatic rings. The van der Waals surface area contributed by atoms with Gasteiger partial charge in [-0.15, -0.1) is 5.10 Å². The molecule has 2 aromatic rings. The third kappa shape index (κ3) is 3.95. The van der Waals surface area contributed by atoms with E-state index in [4.69, 9.17) is 22.1 Å². The largest absolute Gasteiger partial charge is 0.490 e. The Morgan fingerprint density at radius 2 is 2.20 bits per heavy atom. The van der Waals surface area contributed by atoms with Crippen LogP contribution in [0.25, 0.3) is 0 Å². The summed E-state index contributed by atoms with van der Waals surface area (Å²) in [5, 5.41) is 8.74. The first-order chi connectivity index (χ1) is 9.70. The molecule has 5 nitrogen and oxygen atoms in total. The SMILES string of the molecule is CCCC(N)c1cn(CCOc2ccccc2Cl)nn1. The summed E-state index contributed by atoms with van der Waals surface area (Å²) in [6, 6.07) is 7.35. The summed E-state index contributed by atoms with van der Waals surface area (Å²) in [6.07, 6.45) is 3.81. The summed E-state index contributed by atoms with van der Waals surface area (Å²) in [5.41, 5.74) is 6.82. The second-order valence-corrected chi connectivity index (χ2v) is 4.99. The van der Waals surface area contributed by atoms with Crippen LogP contribution in [-0.4, -0.2) is 21.6 Å². The van der Waals surface area contributed by atoms with Crippen LogP contribution in [0.3, 0.4) is 0 Å². The van der Waals surface area contributed by atoms with E-state index >= 15 is 0 Å². The fourth-order valence-electron chi connectivity index (χ4n) is 1.86. The van der Waals surface area contributed by atoms with E-state index in [0.29, 0.717) is 23.9 Å². The van der Waals surface area contributed by atoms with Gasteiger partial charge in [-0.2, -0.15) is 0 Å². The smallest absolute Gasteiger partial charge is 0.137 e. The topological polar surface area (TPSA) is 66.0 Å². The van der Waals surface area contributed by atoms with Crippen LogP contribution in [-0.2, 0) is 6.54 Å². The lowest BCUT2D eigenvalue weighted by molar-refractivity contribution is 0.290. The van der Waals surface area contributed by atoms with Crippen LogP contribution in [0.1, 0.15) is 31.5 Å². The minimum atomic E-state index is -0.0433. The van der Waals surface area contributed by atoms with Crippen LogP contribution < -0.4 is 10.5 Å². The minimum Gasteiger partial charge on any atom is -0.490 e. The van der Waals surface area contributed by atoms with Gasteiger partial charge < -0.3 is 10.5 Å². The molecular weight excluding hydrogens is 276 g/mol. The summed E-state index contributed by atoms with van der Waals surface area (Å²) in [4.78, 5) is 0. The number of para-hydroxylation sites is 1. The standard InChI is InChI=1S/C14H19ClN4O/c1-2-5-12(16)13-10-19(18-17-13)8-9-20-14-7-4-3-6-11(14)15/h3-4,6-7,10,12H,2,5,8-9,16H2,1H3. The van der Waals surface area contributed by atoms with E-state index in [-0.39, 0.29) is 6.04 Å². The molecule has 0 fully saturated rings. The van der Waals surface area contributed by atoms with Crippen molar-refractivity contribution in [2.75, 3.05) is 6.61 Å². The number of ether oxygens (including phenoxy) is 1. The highest BCUT2D eigenvalue weighted by Gasteiger charge is 2.09. The molecule has 1 aromatic carbocycles. The molecule has 2 N–H and O–H groups in total. The number of halogens is 1. The van der Waals surface area contributed by atoms with Gasteiger partial charge in [0.25, 0.3) is 0 Å². The van der Waals surface area contributed by atoms with Gasteiger partial charge in [-0.05, 0) is 18.6 Å². The third-order valence-electron chi connectivity index (χ3n) is 2.95. The second-order valence-electron chi connectivity index (χ2n) is 4.58. The third-order valence-corrected chi connectivity index (χ3v) is 3.26. The van der Waals surface area contributed by atoms with Crippen molar-refractivity contribution in [2.45, 2.75) is 32.4 Å². The van der Waals surface area contributed by atoms with Crippen LogP contribution in [0, 0.1) is 0 Å². The van der Waals surface area contributed by atoms with Gasteiger partial charge in [-0.1, -0.05) is 42.3 Å². The summed E-state index contributed by atoms with van der Waals surface area (Å²) in [6.45, 7) is 3.19. The zero-order chi connectivity index (χ0) is 14.4. The number of rotatable bonds is 7. The van der Waals surface area contributed by atoms with Crippen molar-refractivity contribution in [3.63, 3.8) is 0 Å². The monoisotopic (exact) mass is 294 g/mol. The van der Waals surface area contributed by atoms with Crippen molar-refractivity contribution in [3.8, 4) is 5.75 Å². The molecule has 1 aromatic heterocycles. The van der Waals surface area contributed by atoms with Gasteiger partial charge in [0, 0.05) is 0 Å². The van der Waals surface area contributed by atoms with Gasteiger partial charge in [0.05, 0.1) is 29.5 Å². The Kier molecular flexibility index (Phi) is 5.38. The molecule has 2 rings (SSSR count). The lowest BCUT2D eigenvalue weighted by Gasteiger charge is -2.07. The van der Waals surface area contributed by atoms with Crippen molar-refractivity contribution in [3.05, 3.63) is 41.2 Å². The van der Waals surface area contributed by atoms with Crippen LogP contribution in [0.2, 0.25) is 5.02 Å². The lowest BCUT2D eigenvalue weighted by atomic mass is 10.1. The highest BCUT2D eigenvalue weighted by atomic mass is 35.5. The Bertz CT molecular complexity index is 543. The van der Waals surface area contributed by atoms with E-state index in [1.165, 1.54) is 0 Å². The number of benzene rings is 1. The van der Waals surface area contributed by atoms with E-state index in [1.54, 1.807) is 10.7 Å². The highest BCUT2D eigenvalue weighted by Crippen LogP contribution is 2.22. The van der Waals surface area contributed by atoms with Gasteiger partial charge in [0.1, 0.15) is 12.4 Å². The first-order valence-corrected chi connectivity index (χ1v) is 7.11. The van der Waals surface area contributed by atoms with Crippen molar-refractivity contribution in [1.29, 1.82) is 0 Å². The quantitative estimate of drug-likeness (QED) is 0.853. The Hall–Kier alpha value is -1.59. The Morgan fingerprint density at radius 1 is 1.40 bits per heavy atom. The fraction of sp³-hybridized carbons (Fsp3) is 0.429. The van der Waals surface area contributed by atoms with E-state index in [1.807, 2.05) is 24.4 Å². The number of aromatic nitrogens is 3. The lowest BCUT2D eigenvalue weighted by Crippen LogP contribution is -2.10. The van der Waals surface area contributed by atoms with Crippen LogP contribution in [0.5, 0.6) is 5.75 Å². The normalized spacial score (nSPS) is 12.3. The Balaban J connectivity index is 1.84. The molecular formula is C14H19ClN4O. The molecule has 0 aliphatic carbocycles. The minimum absolute atomic E-state index is 0.0433. The van der Waals surface area contributed by atoms with E-state index in [9.17, 15) is 0 Å². The maximum atomic E-state index is 6.01. The average molecular weight is 295 g/mol. The predicted molar refractivity (Wildman–Crippen MR) is 78.8 cm³/mol. The van der Waals surface area contributed by atoms with Gasteiger partial charge in [0.2, 0.25) is 0 Å². The maximum absolute atomic E-state index is 6.01. The van der Waals surface area contributed by atoms with Crippen LogP contribution in [0.15, 0.2) is 30.5 Å². The molecule has 0 saturated carbocycles. The Labute approximate surface area is 123 Å². The van der Waals surface area contributed by atoms with Gasteiger partial charge in [-0.25, -0.2) is 4.68 Å². The molecule has 0 spiro atoms. The summed E-state index contributed by atoms with van der Waals surface area (Å²) in [7, 11) is 0. The molecule has 0 saturated heterocycles. The van der Waals surface area contributed by atoms with Crippen LogP contribution >= 0.6 is 11.6 Å². The predicted octanol–water partition coefficient (Wildman–Crippen LogP) is 2.81. The first kappa shape index (κ1) is 14.8. The summed E-state index contributed by atoms with van der Waals surface area (Å²) < 4.78 is 7.34. The highest BCUT2D eigenvalue weighted by molar-refractivity contribution is 6.32. The fourth-order valence-corrected chi connectivity index (χ4v) is 2.05. The molecule has 0 amide bonds. The summed E-state index contributed by atoms with van der Waals surface area (Å²) >= 11 is 6.01. The molecule has 0 aliphatic heterocycles. The molecule has 20 heavy (non-hydrogen) atoms. The van der Waals surface area contributed by atoms with Gasteiger partial charge in [0.15, 0.2) is 0 Å². The maximum Gasteiger partial charge on any atom is 0.137 e. The molecule has 0 bridgehead atoms. The molecule has 1 heterocycles. The van der Waals surface area contributed by atoms with Gasteiger partial charge >= 0.3 is 0 Å². The summed E-state index contributed by atoms with van der Waals surface area (Å²) in [5.74, 6) is 0.678. The van der Waals surface area contributed by atoms with Gasteiger partial charge in [-0.3, -0.25) is 0 Å².